The molecular weight excluding hydrogens is 2540 g/mol. The molecule has 0 saturated carbocycles. The third kappa shape index (κ3) is 51.2. The summed E-state index contributed by atoms with van der Waals surface area (Å²) in [6.07, 6.45) is 5.28. The van der Waals surface area contributed by atoms with Gasteiger partial charge in [-0.2, -0.15) is 0 Å². The van der Waals surface area contributed by atoms with Gasteiger partial charge in [0.25, 0.3) is 0 Å². The smallest absolute Gasteiger partial charge is 0.542 e. The van der Waals surface area contributed by atoms with Crippen molar-refractivity contribution in [2.45, 2.75) is 169 Å². The van der Waals surface area contributed by atoms with Crippen molar-refractivity contribution >= 4 is 23.4 Å². The maximum Gasteiger partial charge on any atom is 1.00 e. The molecular formula is C97H114ClCs7F2O21S. The van der Waals surface area contributed by atoms with Crippen molar-refractivity contribution in [1.82, 2.24) is 0 Å². The van der Waals surface area contributed by atoms with E-state index in [0.717, 1.165) is 118 Å². The van der Waals surface area contributed by atoms with Crippen molar-refractivity contribution in [2.75, 3.05) is 27.9 Å². The number of phenolic OH excluding ortho intramolecular Hbond substituents is 1. The number of ether oxygens (including phenoxy) is 19. The molecule has 7 aliphatic heterocycles. The number of methoxy groups -OCH3 is 3. The van der Waals surface area contributed by atoms with E-state index in [2.05, 4.69) is 54.5 Å². The Morgan fingerprint density at radius 3 is 1.01 bits per heavy atom. The van der Waals surface area contributed by atoms with Crippen LogP contribution in [0, 0.1) is 106 Å². The first-order chi connectivity index (χ1) is 58.5. The van der Waals surface area contributed by atoms with Gasteiger partial charge < -0.3 is 101 Å². The summed E-state index contributed by atoms with van der Waals surface area (Å²) in [5, 5.41) is 9.56. The van der Waals surface area contributed by atoms with Gasteiger partial charge in [-0.25, -0.2) is 55.0 Å². The van der Waals surface area contributed by atoms with Crippen LogP contribution in [-0.4, -0.2) is 81.7 Å². The molecule has 0 spiro atoms. The maximum atomic E-state index is 13.1. The summed E-state index contributed by atoms with van der Waals surface area (Å²) >= 11 is 7.70. The van der Waals surface area contributed by atoms with Crippen LogP contribution in [-0.2, 0) is 46.4 Å². The molecule has 21 nitrogen and oxygen atoms in total. The largest absolute Gasteiger partial charge is 1.00 e. The second-order valence-electron chi connectivity index (χ2n) is 30.0. The number of hydrogen-bond acceptors (Lipinski definition) is 21. The fourth-order valence-electron chi connectivity index (χ4n) is 12.4. The van der Waals surface area contributed by atoms with Gasteiger partial charge in [0.1, 0.15) is 99.6 Å². The third-order valence-electron chi connectivity index (χ3n) is 18.9. The van der Waals surface area contributed by atoms with Gasteiger partial charge in [0.15, 0.2) is 37.7 Å². The van der Waals surface area contributed by atoms with Gasteiger partial charge in [0, 0.05) is 28.7 Å². The van der Waals surface area contributed by atoms with Gasteiger partial charge in [0.2, 0.25) is 0 Å². The van der Waals surface area contributed by atoms with E-state index in [1.165, 1.54) is 24.3 Å². The summed E-state index contributed by atoms with van der Waals surface area (Å²) in [5.74, 6) is 12.1. The maximum absolute atomic E-state index is 13.1. The van der Waals surface area contributed by atoms with Crippen molar-refractivity contribution in [2.24, 2.45) is 41.4 Å². The Balaban J connectivity index is 0.000000509. The first-order valence-electron chi connectivity index (χ1n) is 40.7. The van der Waals surface area contributed by atoms with Gasteiger partial charge in [-0.1, -0.05) is 108 Å². The van der Waals surface area contributed by atoms with Crippen molar-refractivity contribution < 1.29 is 592 Å². The molecule has 7 heterocycles. The number of hydrogen-bond donors (Lipinski definition) is 1. The SMILES string of the molecule is CCOc1ccc(OC2C[C@@H](C)[CH-]O2)cc1.COc1ccc(OC2C[C@@H](C)[CH-]O2)cc1.COc1ccc(OC2C[C@@H](C)[CH-]O2)cc1.COc1cccc(OC2C[C@@H](C)[CH-]O2)c1.C[C@H]1[CH-]OC(Oc2cccc(O)c2)C1.C[C@H]1[CH-]OC(Oc2cccc(OCc3ccc(F)cc3Cl)c2)C1.Cc1cc(F)ccc1COc1cccc(SC2C[C@@H](C)[CH-]O2)c1.O.[Cs+].[Cs+].[Cs+].[Cs+].[Cs+].[Cs+].[Cs+]. The summed E-state index contributed by atoms with van der Waals surface area (Å²) in [6.45, 7) is 32.8. The van der Waals surface area contributed by atoms with Gasteiger partial charge in [-0.3, -0.25) is 0 Å². The molecule has 7 saturated heterocycles. The van der Waals surface area contributed by atoms with Crippen molar-refractivity contribution in [3.8, 4) is 74.7 Å². The Kier molecular flexibility index (Phi) is 73.6. The Bertz CT molecular complexity index is 4330. The zero-order valence-electron chi connectivity index (χ0n) is 78.1. The predicted octanol–water partition coefficient (Wildman–Crippen LogP) is 1.71. The molecule has 0 bridgehead atoms. The monoisotopic (exact) mass is 2650 g/mol. The van der Waals surface area contributed by atoms with Gasteiger partial charge in [-0.05, 0) is 222 Å². The minimum atomic E-state index is -0.364. The Labute approximate surface area is 1180 Å². The van der Waals surface area contributed by atoms with Crippen molar-refractivity contribution in [3.05, 3.63) is 286 Å². The fourth-order valence-corrected chi connectivity index (χ4v) is 13.8. The first-order valence-corrected chi connectivity index (χ1v) is 42.0. The number of benzene rings is 9. The van der Waals surface area contributed by atoms with Crippen LogP contribution in [0.2, 0.25) is 5.02 Å². The molecule has 32 heteroatoms. The standard InChI is InChI=1S/C19H20FO2S.C18H17ClFO3.C13H17O3.3C12H15O3.C11H13O3.7Cs.H2O/c1-13-8-19(22-11-13)23-18-5-3-4-17(10-18)21-12-15-6-7-16(20)9-14(15)2;1-12-7-18(22-10-12)23-16-4-2-3-15(9-16)21-11-13-5-6-14(20)8-17(13)19;1-3-14-11-4-6-12(7-5-11)16-13-8-10(2)9-15-13;2*1-9-7-12(14-8-9)15-11-5-3-10(13-2)4-6-11;1-9-6-12(14-8-9)15-11-5-3-4-10(7-11)13-2;1-8-5-11(13-7-8)14-10-4-2-3-9(12)6-10;;;;;;;;/h3-7,9-11,13,19H,8,12H2,1-2H3;2-6,8-10,12,18H,7,11H2,1H3;4-7,9-10,13H,3,8H2,1-2H3;2*3-6,8-9,12H,7H2,1-2H3;3-5,7-9,12H,6H2,1-2H3;2-4,6-8,11-12H,5H2,1H3;;;;;;;;1H2/q7*-1;7*+1;/t13-,19?;12-,18?;10-,13?;3*9-,12?;8-,11?;;;;;;;;/m1111111......../s1. The molecule has 7 fully saturated rings. The molecule has 16 rings (SSSR count). The van der Waals surface area contributed by atoms with Crippen molar-refractivity contribution in [1.29, 1.82) is 0 Å². The third-order valence-corrected chi connectivity index (χ3v) is 20.3. The number of phenols is 1. The van der Waals surface area contributed by atoms with E-state index in [9.17, 15) is 13.9 Å². The Morgan fingerprint density at radius 2 is 0.651 bits per heavy atom. The van der Waals surface area contributed by atoms with Gasteiger partial charge >= 0.3 is 482 Å². The molecule has 129 heavy (non-hydrogen) atoms. The van der Waals surface area contributed by atoms with E-state index in [1.807, 2.05) is 180 Å². The molecule has 0 aliphatic carbocycles. The average Bonchev–Trinajstić information content (AvgIpc) is 1.40. The van der Waals surface area contributed by atoms with Crippen LogP contribution in [0.5, 0.6) is 74.7 Å². The average molecular weight is 2650 g/mol. The molecule has 9 aromatic carbocycles. The van der Waals surface area contributed by atoms with E-state index in [0.29, 0.717) is 76.9 Å². The van der Waals surface area contributed by atoms with Crippen LogP contribution >= 0.6 is 23.4 Å². The van der Waals surface area contributed by atoms with E-state index >= 15 is 0 Å². The van der Waals surface area contributed by atoms with E-state index in [-0.39, 0.29) is 555 Å². The molecule has 7 aliphatic rings. The molecule has 3 N–H and O–H groups in total. The van der Waals surface area contributed by atoms with Crippen molar-refractivity contribution in [3.63, 3.8) is 0 Å². The van der Waals surface area contributed by atoms with Crippen LogP contribution in [0.4, 0.5) is 8.78 Å². The zero-order chi connectivity index (χ0) is 85.8. The number of halogens is 3. The molecule has 0 aromatic heterocycles. The first kappa shape index (κ1) is 130. The molecule has 0 amide bonds. The second-order valence-corrected chi connectivity index (χ2v) is 31.6. The summed E-state index contributed by atoms with van der Waals surface area (Å²) in [4.78, 5) is 1.13. The van der Waals surface area contributed by atoms with Crippen LogP contribution < -0.4 is 539 Å². The Hall–Kier alpha value is 4.92. The number of aryl methyl sites for hydroxylation is 1. The Morgan fingerprint density at radius 1 is 0.341 bits per heavy atom. The summed E-state index contributed by atoms with van der Waals surface area (Å²) < 4.78 is 130. The van der Waals surface area contributed by atoms with Gasteiger partial charge in [0.05, 0.1) is 38.4 Å². The van der Waals surface area contributed by atoms with E-state index in [4.69, 9.17) is 102 Å². The summed E-state index contributed by atoms with van der Waals surface area (Å²) in [6, 6.07) is 61.2. The minimum Gasteiger partial charge on any atom is -0.542 e. The fraction of sp³-hybridized carbons (Fsp3) is 0.371. The molecule has 7 unspecified atom stereocenters. The summed E-state index contributed by atoms with van der Waals surface area (Å²) in [5.41, 5.74) is 2.80. The number of thioether (sulfide) groups is 1. The van der Waals surface area contributed by atoms with E-state index < -0.39 is 0 Å². The summed E-state index contributed by atoms with van der Waals surface area (Å²) in [7, 11) is 4.93. The van der Waals surface area contributed by atoms with Crippen LogP contribution in [0.25, 0.3) is 0 Å². The molecule has 0 radical (unpaired) electrons. The quantitative estimate of drug-likeness (QED) is 0.0804. The molecule has 14 atom stereocenters. The predicted molar refractivity (Wildman–Crippen MR) is 463 cm³/mol. The second kappa shape index (κ2) is 73.1. The topological polar surface area (TPSA) is 227 Å². The van der Waals surface area contributed by atoms with Crippen LogP contribution in [0.15, 0.2) is 211 Å². The molecule has 9 aromatic rings. The molecule has 662 valence electrons. The normalized spacial score (nSPS) is 22.0. The van der Waals surface area contributed by atoms with Gasteiger partial charge in [-0.15, -0.1) is 41.4 Å². The van der Waals surface area contributed by atoms with E-state index in [1.54, 1.807) is 88.8 Å². The number of rotatable bonds is 25. The van der Waals surface area contributed by atoms with Crippen LogP contribution in [0.3, 0.4) is 0 Å². The number of aromatic hydroxyl groups is 1. The van der Waals surface area contributed by atoms with Crippen LogP contribution in [0.1, 0.15) is 117 Å². The minimum absolute atomic E-state index is 0. The zero-order valence-corrected chi connectivity index (χ0v) is 124.